The van der Waals surface area contributed by atoms with Crippen LogP contribution in [0.5, 0.6) is 0 Å². The Labute approximate surface area is 438 Å². The van der Waals surface area contributed by atoms with Gasteiger partial charge in [0.05, 0.1) is 39.9 Å². The Balaban J connectivity index is 3.98. The number of phosphoric acid groups is 1. The predicted molar refractivity (Wildman–Crippen MR) is 306 cm³/mol. The molecule has 0 aromatic heterocycles. The Morgan fingerprint density at radius 3 is 1.25 bits per heavy atom. The van der Waals surface area contributed by atoms with Gasteiger partial charge >= 0.3 is 0 Å². The van der Waals surface area contributed by atoms with Crippen LogP contribution in [0.15, 0.2) is 109 Å². The maximum atomic E-state index is 12.9. The van der Waals surface area contributed by atoms with Crippen LogP contribution < -0.4 is 10.2 Å². The zero-order valence-corrected chi connectivity index (χ0v) is 47.3. The van der Waals surface area contributed by atoms with Gasteiger partial charge in [0.2, 0.25) is 5.91 Å². The van der Waals surface area contributed by atoms with E-state index in [9.17, 15) is 19.4 Å². The van der Waals surface area contributed by atoms with Crippen LogP contribution in [-0.4, -0.2) is 68.5 Å². The summed E-state index contributed by atoms with van der Waals surface area (Å²) in [6.07, 6.45) is 76.1. The summed E-state index contributed by atoms with van der Waals surface area (Å²) in [7, 11) is 1.25. The SMILES string of the molecule is CC/C=C\C/C=C\C/C=C\C/C=C\C/C=C\C/C=C\C/C=C\C/C=C\CCCCCCCCCCCCCCCCC(=O)NC(COP(=O)([O-])OCC[N+](C)(C)C)C(O)/C=C/CCCCCCCCCC. The molecule has 0 bridgehead atoms. The molecular formula is C62H109N2O6P. The lowest BCUT2D eigenvalue weighted by Gasteiger charge is -2.29. The molecule has 3 unspecified atom stereocenters. The van der Waals surface area contributed by atoms with E-state index in [4.69, 9.17) is 9.05 Å². The Bertz CT molecular complexity index is 1520. The highest BCUT2D eigenvalue weighted by molar-refractivity contribution is 7.45. The first-order valence-electron chi connectivity index (χ1n) is 28.7. The van der Waals surface area contributed by atoms with Crippen molar-refractivity contribution in [3.05, 3.63) is 109 Å². The first-order valence-corrected chi connectivity index (χ1v) is 30.2. The van der Waals surface area contributed by atoms with Crippen molar-refractivity contribution in [1.82, 2.24) is 5.32 Å². The number of nitrogens with zero attached hydrogens (tertiary/aromatic N) is 1. The van der Waals surface area contributed by atoms with E-state index in [1.54, 1.807) is 6.08 Å². The monoisotopic (exact) mass is 1010 g/mol. The van der Waals surface area contributed by atoms with Crippen molar-refractivity contribution in [3.63, 3.8) is 0 Å². The summed E-state index contributed by atoms with van der Waals surface area (Å²) in [5.74, 6) is -0.204. The van der Waals surface area contributed by atoms with E-state index in [1.807, 2.05) is 27.2 Å². The van der Waals surface area contributed by atoms with Crippen LogP contribution in [0.2, 0.25) is 0 Å². The largest absolute Gasteiger partial charge is 0.756 e. The highest BCUT2D eigenvalue weighted by Gasteiger charge is 2.23. The minimum Gasteiger partial charge on any atom is -0.756 e. The number of quaternary nitrogens is 1. The number of carbonyl (C=O) groups excluding carboxylic acids is 1. The molecule has 0 aromatic carbocycles. The molecule has 0 rings (SSSR count). The van der Waals surface area contributed by atoms with Gasteiger partial charge in [0.15, 0.2) is 0 Å². The number of rotatable bonds is 51. The van der Waals surface area contributed by atoms with Gasteiger partial charge < -0.3 is 28.8 Å². The number of unbranched alkanes of at least 4 members (excludes halogenated alkanes) is 22. The van der Waals surface area contributed by atoms with Gasteiger partial charge in [0, 0.05) is 6.42 Å². The third-order valence-corrected chi connectivity index (χ3v) is 13.2. The lowest BCUT2D eigenvalue weighted by molar-refractivity contribution is -0.870. The van der Waals surface area contributed by atoms with Gasteiger partial charge in [-0.15, -0.1) is 0 Å². The zero-order valence-electron chi connectivity index (χ0n) is 46.4. The molecule has 0 radical (unpaired) electrons. The molecule has 8 nitrogen and oxygen atoms in total. The second-order valence-electron chi connectivity index (χ2n) is 20.3. The van der Waals surface area contributed by atoms with Gasteiger partial charge in [-0.3, -0.25) is 9.36 Å². The molecule has 0 spiro atoms. The summed E-state index contributed by atoms with van der Waals surface area (Å²) in [5.41, 5.74) is 0. The van der Waals surface area contributed by atoms with E-state index < -0.39 is 20.0 Å². The number of aliphatic hydroxyl groups excluding tert-OH is 1. The highest BCUT2D eigenvalue weighted by Crippen LogP contribution is 2.38. The number of carbonyl (C=O) groups is 1. The summed E-state index contributed by atoms with van der Waals surface area (Å²) in [6.45, 7) is 4.50. The van der Waals surface area contributed by atoms with Gasteiger partial charge in [0.25, 0.3) is 7.82 Å². The smallest absolute Gasteiger partial charge is 0.268 e. The van der Waals surface area contributed by atoms with Crippen molar-refractivity contribution < 1.29 is 32.9 Å². The molecule has 9 heteroatoms. The first-order chi connectivity index (χ1) is 34.5. The summed E-state index contributed by atoms with van der Waals surface area (Å²) in [5, 5.41) is 13.8. The minimum absolute atomic E-state index is 0.00480. The minimum atomic E-state index is -4.59. The van der Waals surface area contributed by atoms with Crippen LogP contribution in [0, 0.1) is 0 Å². The summed E-state index contributed by atoms with van der Waals surface area (Å²) in [4.78, 5) is 25.4. The number of amides is 1. The third kappa shape index (κ3) is 54.8. The number of likely N-dealkylation sites (N-methyl/N-ethyl adjacent to an activating group) is 1. The Hall–Kier alpha value is -2.84. The van der Waals surface area contributed by atoms with Crippen molar-refractivity contribution in [2.75, 3.05) is 40.9 Å². The molecule has 0 saturated carbocycles. The van der Waals surface area contributed by atoms with Crippen molar-refractivity contribution in [3.8, 4) is 0 Å². The van der Waals surface area contributed by atoms with Gasteiger partial charge in [-0.05, 0) is 83.5 Å². The quantitative estimate of drug-likeness (QED) is 0.0272. The normalized spacial score (nSPS) is 14.7. The van der Waals surface area contributed by atoms with E-state index in [0.717, 1.165) is 89.9 Å². The molecule has 0 aromatic rings. The molecule has 0 aliphatic heterocycles. The molecule has 3 atom stereocenters. The summed E-state index contributed by atoms with van der Waals surface area (Å²) in [6, 6.07) is -0.890. The maximum absolute atomic E-state index is 12.9. The first kappa shape index (κ1) is 68.2. The van der Waals surface area contributed by atoms with Gasteiger partial charge in [-0.2, -0.15) is 0 Å². The molecule has 0 aliphatic carbocycles. The van der Waals surface area contributed by atoms with Crippen LogP contribution in [0.25, 0.3) is 0 Å². The molecule has 0 saturated heterocycles. The van der Waals surface area contributed by atoms with Crippen LogP contribution in [0.4, 0.5) is 0 Å². The van der Waals surface area contributed by atoms with Gasteiger partial charge in [0.1, 0.15) is 13.2 Å². The van der Waals surface area contributed by atoms with Gasteiger partial charge in [-0.1, -0.05) is 245 Å². The van der Waals surface area contributed by atoms with Crippen molar-refractivity contribution >= 4 is 13.7 Å². The summed E-state index contributed by atoms with van der Waals surface area (Å²) >= 11 is 0. The average molecular weight is 1010 g/mol. The number of allylic oxidation sites excluding steroid dienone is 17. The Kier molecular flexibility index (Phi) is 50.0. The van der Waals surface area contributed by atoms with Crippen LogP contribution in [0.3, 0.4) is 0 Å². The number of aliphatic hydroxyl groups is 1. The van der Waals surface area contributed by atoms with Crippen LogP contribution in [-0.2, 0) is 18.4 Å². The van der Waals surface area contributed by atoms with E-state index in [-0.39, 0.29) is 19.1 Å². The number of hydrogen-bond acceptors (Lipinski definition) is 6. The highest BCUT2D eigenvalue weighted by atomic mass is 31.2. The summed E-state index contributed by atoms with van der Waals surface area (Å²) < 4.78 is 23.2. The topological polar surface area (TPSA) is 108 Å². The third-order valence-electron chi connectivity index (χ3n) is 12.2. The van der Waals surface area contributed by atoms with Crippen molar-refractivity contribution in [2.45, 2.75) is 238 Å². The molecule has 2 N–H and O–H groups in total. The lowest BCUT2D eigenvalue weighted by Crippen LogP contribution is -2.45. The van der Waals surface area contributed by atoms with Gasteiger partial charge in [-0.25, -0.2) is 0 Å². The Morgan fingerprint density at radius 1 is 0.507 bits per heavy atom. The number of nitrogens with one attached hydrogen (secondary N) is 1. The molecular weight excluding hydrogens is 900 g/mol. The van der Waals surface area contributed by atoms with Crippen molar-refractivity contribution in [1.29, 1.82) is 0 Å². The maximum Gasteiger partial charge on any atom is 0.268 e. The van der Waals surface area contributed by atoms with Crippen molar-refractivity contribution in [2.24, 2.45) is 0 Å². The van der Waals surface area contributed by atoms with E-state index in [2.05, 4.69) is 116 Å². The zero-order chi connectivity index (χ0) is 52.0. The number of hydrogen-bond donors (Lipinski definition) is 2. The molecule has 408 valence electrons. The molecule has 1 amide bonds. The fraction of sp³-hybridized carbons (Fsp3) is 0.694. The second-order valence-corrected chi connectivity index (χ2v) is 21.7. The van der Waals surface area contributed by atoms with Crippen LogP contribution in [0.1, 0.15) is 226 Å². The Morgan fingerprint density at radius 2 is 0.859 bits per heavy atom. The van der Waals surface area contributed by atoms with E-state index in [0.29, 0.717) is 17.4 Å². The van der Waals surface area contributed by atoms with E-state index in [1.165, 1.54) is 116 Å². The molecule has 0 heterocycles. The second kappa shape index (κ2) is 52.0. The molecule has 0 fully saturated rings. The standard InChI is InChI=1S/C62H109N2O6P/c1-6-8-10-12-14-16-18-19-20-21-22-23-24-25-26-27-28-29-30-31-32-33-34-35-36-37-38-39-40-41-42-43-44-45-46-48-50-52-54-56-62(66)63-60(59-70-71(67,68)69-58-57-64(3,4)5)61(65)55-53-51-49-47-17-15-13-11-9-7-2/h8,10,14,16,19-20,22-23,25-26,28-29,31-32,34-35,53,55,60-61,65H,6-7,9,11-13,15,17-18,21,24,27,30,33,36-52,54,56-59H2,1-5H3,(H-,63,66,67,68)/b10-8-,16-14-,20-19-,23-22-,26-25-,29-28-,32-31-,35-34-,55-53+. The predicted octanol–water partition coefficient (Wildman–Crippen LogP) is 17.0. The number of phosphoric ester groups is 1. The lowest BCUT2D eigenvalue weighted by atomic mass is 10.0. The molecule has 0 aliphatic rings. The van der Waals surface area contributed by atoms with Crippen LogP contribution >= 0.6 is 7.82 Å². The molecule has 71 heavy (non-hydrogen) atoms. The fourth-order valence-corrected chi connectivity index (χ4v) is 8.48. The fourth-order valence-electron chi connectivity index (χ4n) is 7.76. The van der Waals surface area contributed by atoms with E-state index >= 15 is 0 Å². The average Bonchev–Trinajstić information content (AvgIpc) is 3.33.